The van der Waals surface area contributed by atoms with Crippen molar-refractivity contribution in [1.82, 2.24) is 0 Å². The van der Waals surface area contributed by atoms with Crippen LogP contribution in [0.1, 0.15) is 349 Å². The minimum absolute atomic E-state index is 0.0773. The van der Waals surface area contributed by atoms with Crippen LogP contribution in [-0.4, -0.2) is 96.7 Å². The first kappa shape index (κ1) is 92.8. The zero-order valence-electron chi connectivity index (χ0n) is 61.1. The van der Waals surface area contributed by atoms with Gasteiger partial charge in [0.2, 0.25) is 0 Å². The van der Waals surface area contributed by atoms with Crippen molar-refractivity contribution in [3.8, 4) is 0 Å². The molecule has 0 aliphatic carbocycles. The topological polar surface area (TPSA) is 237 Å². The van der Waals surface area contributed by atoms with Gasteiger partial charge in [0, 0.05) is 25.7 Å². The fourth-order valence-electron chi connectivity index (χ4n) is 10.6. The van der Waals surface area contributed by atoms with Gasteiger partial charge < -0.3 is 33.8 Å². The molecule has 0 aliphatic rings. The maximum atomic E-state index is 13.1. The number of rotatable bonds is 73. The van der Waals surface area contributed by atoms with Crippen LogP contribution in [0, 0.1) is 0 Å². The van der Waals surface area contributed by atoms with Gasteiger partial charge in [-0.25, -0.2) is 9.13 Å². The molecule has 560 valence electrons. The number of phosphoric ester groups is 2. The Bertz CT molecular complexity index is 2060. The van der Waals surface area contributed by atoms with E-state index in [-0.39, 0.29) is 25.7 Å². The molecule has 0 amide bonds. The molecular weight excluding hydrogens is 1260 g/mol. The van der Waals surface area contributed by atoms with Crippen molar-refractivity contribution in [2.24, 2.45) is 0 Å². The van der Waals surface area contributed by atoms with E-state index in [0.29, 0.717) is 25.7 Å². The van der Waals surface area contributed by atoms with Crippen LogP contribution in [-0.2, 0) is 65.4 Å². The molecule has 0 rings (SSSR count). The molecule has 0 saturated carbocycles. The first-order valence-electron chi connectivity index (χ1n) is 38.6. The van der Waals surface area contributed by atoms with Gasteiger partial charge in [-0.2, -0.15) is 0 Å². The highest BCUT2D eigenvalue weighted by molar-refractivity contribution is 7.47. The molecule has 0 heterocycles. The number of aliphatic hydroxyl groups is 1. The summed E-state index contributed by atoms with van der Waals surface area (Å²) < 4.78 is 68.4. The summed E-state index contributed by atoms with van der Waals surface area (Å²) in [6.07, 6.45) is 67.7. The number of esters is 4. The highest BCUT2D eigenvalue weighted by atomic mass is 31.2. The van der Waals surface area contributed by atoms with Gasteiger partial charge in [-0.05, 0) is 103 Å². The van der Waals surface area contributed by atoms with E-state index in [1.807, 2.05) is 0 Å². The molecule has 17 nitrogen and oxygen atoms in total. The maximum Gasteiger partial charge on any atom is 0.472 e. The summed E-state index contributed by atoms with van der Waals surface area (Å²) in [4.78, 5) is 72.8. The second kappa shape index (κ2) is 70.2. The summed E-state index contributed by atoms with van der Waals surface area (Å²) >= 11 is 0. The van der Waals surface area contributed by atoms with E-state index in [1.54, 1.807) is 0 Å². The van der Waals surface area contributed by atoms with Crippen LogP contribution in [0.4, 0.5) is 0 Å². The average molecular weight is 1400 g/mol. The highest BCUT2D eigenvalue weighted by Gasteiger charge is 2.30. The summed E-state index contributed by atoms with van der Waals surface area (Å²) in [5, 5.41) is 10.6. The first-order valence-corrected chi connectivity index (χ1v) is 41.6. The third-order valence-electron chi connectivity index (χ3n) is 16.5. The number of carbonyl (C=O) groups excluding carboxylic acids is 4. The third kappa shape index (κ3) is 69.2. The first-order chi connectivity index (χ1) is 46.7. The Kier molecular flexibility index (Phi) is 67.8. The number of unbranched alkanes of at least 4 members (excludes halogenated alkanes) is 39. The quantitative estimate of drug-likeness (QED) is 0.0128. The second-order valence-electron chi connectivity index (χ2n) is 26.0. The zero-order valence-corrected chi connectivity index (χ0v) is 62.8. The minimum Gasteiger partial charge on any atom is -0.462 e. The van der Waals surface area contributed by atoms with Crippen molar-refractivity contribution in [3.05, 3.63) is 60.8 Å². The van der Waals surface area contributed by atoms with Crippen molar-refractivity contribution in [1.29, 1.82) is 0 Å². The predicted molar refractivity (Wildman–Crippen MR) is 390 cm³/mol. The van der Waals surface area contributed by atoms with Gasteiger partial charge >= 0.3 is 39.5 Å². The fraction of sp³-hybridized carbons (Fsp3) is 0.818. The van der Waals surface area contributed by atoms with Crippen LogP contribution >= 0.6 is 15.6 Å². The van der Waals surface area contributed by atoms with Crippen LogP contribution in [0.3, 0.4) is 0 Å². The lowest BCUT2D eigenvalue weighted by atomic mass is 10.0. The minimum atomic E-state index is -4.97. The number of allylic oxidation sites excluding steroid dienone is 10. The van der Waals surface area contributed by atoms with Gasteiger partial charge in [-0.15, -0.1) is 0 Å². The van der Waals surface area contributed by atoms with Crippen molar-refractivity contribution >= 4 is 39.5 Å². The summed E-state index contributed by atoms with van der Waals surface area (Å²) in [5.74, 6) is -2.19. The Labute approximate surface area is 584 Å². The molecule has 19 heteroatoms. The number of aliphatic hydroxyl groups excluding tert-OH is 1. The lowest BCUT2D eigenvalue weighted by Gasteiger charge is -2.21. The van der Waals surface area contributed by atoms with Crippen molar-refractivity contribution < 1.29 is 80.2 Å². The van der Waals surface area contributed by atoms with Gasteiger partial charge in [0.05, 0.1) is 26.4 Å². The van der Waals surface area contributed by atoms with Crippen LogP contribution in [0.2, 0.25) is 0 Å². The molecule has 0 saturated heterocycles. The standard InChI is InChI=1S/C77H140O17P2/c1-5-9-13-17-21-25-29-33-35-39-42-46-50-54-58-62-75(80)88-68-73(94-77(82)64-60-56-52-48-44-40-36-34-30-26-22-18-14-10-6-2)70-92-96(85,86)90-66-71(78)65-89-95(83,84)91-69-72(93-76(81)63-59-55-51-47-43-38-32-28-24-20-16-12-8-4)67-87-74(79)61-57-53-49-45-41-37-31-27-23-19-15-11-7-3/h25-27,29-31,33-36,71-73,78H,5-24,28,32,37-70H2,1-4H3,(H,83,84)(H,85,86)/b29-25-,30-26-,31-27-,35-33-,36-34-/t71-,72+,73+/m0/s1. The largest absolute Gasteiger partial charge is 0.472 e. The SMILES string of the molecule is CCCCCC/C=C\C=C/CCCCCCCC(=O)OC[C@H](COP(=O)(O)OC[C@@H](O)COP(=O)(O)OC[C@@H](COC(=O)CCCCCCC/C=C\CCCCCC)OC(=O)CCCCCCCCCCCCCCC)OC(=O)CCCCCCC/C=C\C=C/CCCCCC. The molecular formula is C77H140O17P2. The normalized spacial score (nSPS) is 14.3. The van der Waals surface area contributed by atoms with E-state index >= 15 is 0 Å². The molecule has 3 N–H and O–H groups in total. The molecule has 0 fully saturated rings. The number of ether oxygens (including phenoxy) is 4. The van der Waals surface area contributed by atoms with Crippen molar-refractivity contribution in [2.75, 3.05) is 39.6 Å². The van der Waals surface area contributed by atoms with E-state index in [1.165, 1.54) is 128 Å². The number of carbonyl (C=O) groups is 4. The number of phosphoric acid groups is 2. The van der Waals surface area contributed by atoms with E-state index in [0.717, 1.165) is 141 Å². The number of hydrogen-bond donors (Lipinski definition) is 3. The summed E-state index contributed by atoms with van der Waals surface area (Å²) in [7, 11) is -9.94. The third-order valence-corrected chi connectivity index (χ3v) is 18.4. The molecule has 0 radical (unpaired) electrons. The molecule has 0 aromatic heterocycles. The van der Waals surface area contributed by atoms with Crippen molar-refractivity contribution in [2.45, 2.75) is 367 Å². The molecule has 96 heavy (non-hydrogen) atoms. The Morgan fingerprint density at radius 1 is 0.292 bits per heavy atom. The summed E-state index contributed by atoms with van der Waals surface area (Å²) in [5.41, 5.74) is 0. The Morgan fingerprint density at radius 3 is 0.792 bits per heavy atom. The molecule has 0 bridgehead atoms. The molecule has 0 aromatic rings. The molecule has 5 atom stereocenters. The van der Waals surface area contributed by atoms with Crippen LogP contribution in [0.5, 0.6) is 0 Å². The van der Waals surface area contributed by atoms with Gasteiger partial charge in [-0.1, -0.05) is 281 Å². The second-order valence-corrected chi connectivity index (χ2v) is 28.9. The molecule has 0 spiro atoms. The monoisotopic (exact) mass is 1400 g/mol. The summed E-state index contributed by atoms with van der Waals surface area (Å²) in [6, 6.07) is 0. The fourth-order valence-corrected chi connectivity index (χ4v) is 12.1. The number of hydrogen-bond acceptors (Lipinski definition) is 15. The van der Waals surface area contributed by atoms with Crippen molar-refractivity contribution in [3.63, 3.8) is 0 Å². The van der Waals surface area contributed by atoms with E-state index in [9.17, 15) is 43.2 Å². The maximum absolute atomic E-state index is 13.1. The highest BCUT2D eigenvalue weighted by Crippen LogP contribution is 2.45. The Morgan fingerprint density at radius 2 is 0.510 bits per heavy atom. The Balaban J connectivity index is 5.35. The predicted octanol–water partition coefficient (Wildman–Crippen LogP) is 21.9. The van der Waals surface area contributed by atoms with Crippen LogP contribution in [0.15, 0.2) is 60.8 Å². The van der Waals surface area contributed by atoms with E-state index < -0.39 is 97.5 Å². The lowest BCUT2D eigenvalue weighted by Crippen LogP contribution is -2.30. The average Bonchev–Trinajstić information content (AvgIpc) is 1.36. The molecule has 0 aliphatic heterocycles. The van der Waals surface area contributed by atoms with Gasteiger partial charge in [0.1, 0.15) is 19.3 Å². The van der Waals surface area contributed by atoms with Gasteiger partial charge in [0.25, 0.3) is 0 Å². The van der Waals surface area contributed by atoms with Gasteiger partial charge in [0.15, 0.2) is 12.2 Å². The molecule has 0 aromatic carbocycles. The summed E-state index contributed by atoms with van der Waals surface area (Å²) in [6.45, 7) is 4.82. The molecule has 2 unspecified atom stereocenters. The van der Waals surface area contributed by atoms with Gasteiger partial charge in [-0.3, -0.25) is 37.3 Å². The smallest absolute Gasteiger partial charge is 0.462 e. The van der Waals surface area contributed by atoms with Crippen LogP contribution < -0.4 is 0 Å². The lowest BCUT2D eigenvalue weighted by molar-refractivity contribution is -0.161. The van der Waals surface area contributed by atoms with E-state index in [2.05, 4.69) is 88.5 Å². The zero-order chi connectivity index (χ0) is 70.4. The Hall–Kier alpha value is -3.24. The van der Waals surface area contributed by atoms with Crippen LogP contribution in [0.25, 0.3) is 0 Å². The van der Waals surface area contributed by atoms with E-state index in [4.69, 9.17) is 37.0 Å².